The standard InChI is InChI=1S/C20H22N4S/c1-13-5-4-6-14(11-13)18-19(25-20(21)24-18)15-9-10-22-17(12-15)23-16-7-2-3-8-16/h4-6,9-12,16H,2-3,7-8H2,1H3,(H2,21,24)(H,22,23). The number of nitrogens with two attached hydrogens (primary N) is 1. The zero-order valence-corrected chi connectivity index (χ0v) is 15.1. The van der Waals surface area contributed by atoms with Crippen LogP contribution in [0.25, 0.3) is 21.7 Å². The molecule has 128 valence electrons. The molecule has 0 saturated heterocycles. The summed E-state index contributed by atoms with van der Waals surface area (Å²) in [7, 11) is 0. The van der Waals surface area contributed by atoms with Crippen molar-refractivity contribution in [2.75, 3.05) is 11.1 Å². The molecule has 1 saturated carbocycles. The Kier molecular flexibility index (Phi) is 4.40. The van der Waals surface area contributed by atoms with Gasteiger partial charge in [-0.25, -0.2) is 9.97 Å². The molecule has 1 fully saturated rings. The maximum atomic E-state index is 6.04. The SMILES string of the molecule is Cc1cccc(-c2nc(N)sc2-c2ccnc(NC3CCCC3)c2)c1. The Labute approximate surface area is 152 Å². The highest BCUT2D eigenvalue weighted by molar-refractivity contribution is 7.19. The molecule has 1 aliphatic carbocycles. The van der Waals surface area contributed by atoms with E-state index in [9.17, 15) is 0 Å². The highest BCUT2D eigenvalue weighted by atomic mass is 32.1. The summed E-state index contributed by atoms with van der Waals surface area (Å²) in [6.07, 6.45) is 6.94. The Bertz CT molecular complexity index is 881. The van der Waals surface area contributed by atoms with Crippen LogP contribution in [0.5, 0.6) is 0 Å². The number of nitrogens with one attached hydrogen (secondary N) is 1. The molecule has 0 unspecified atom stereocenters. The van der Waals surface area contributed by atoms with E-state index in [0.717, 1.165) is 27.5 Å². The van der Waals surface area contributed by atoms with Gasteiger partial charge in [0.2, 0.25) is 0 Å². The molecule has 4 nitrogen and oxygen atoms in total. The third kappa shape index (κ3) is 3.51. The normalized spacial score (nSPS) is 14.8. The van der Waals surface area contributed by atoms with Crippen molar-refractivity contribution in [1.29, 1.82) is 0 Å². The monoisotopic (exact) mass is 350 g/mol. The average Bonchev–Trinajstić information content (AvgIpc) is 3.25. The van der Waals surface area contributed by atoms with Crippen LogP contribution in [0.4, 0.5) is 10.9 Å². The lowest BCUT2D eigenvalue weighted by molar-refractivity contribution is 0.750. The number of hydrogen-bond acceptors (Lipinski definition) is 5. The predicted octanol–water partition coefficient (Wildman–Crippen LogP) is 5.12. The zero-order valence-electron chi connectivity index (χ0n) is 14.3. The lowest BCUT2D eigenvalue weighted by atomic mass is 10.1. The van der Waals surface area contributed by atoms with E-state index in [1.54, 1.807) is 0 Å². The topological polar surface area (TPSA) is 63.8 Å². The summed E-state index contributed by atoms with van der Waals surface area (Å²) in [5.41, 5.74) is 10.4. The van der Waals surface area contributed by atoms with Crippen molar-refractivity contribution in [2.45, 2.75) is 38.6 Å². The highest BCUT2D eigenvalue weighted by Gasteiger charge is 2.17. The number of hydrogen-bond donors (Lipinski definition) is 2. The molecule has 1 aromatic carbocycles. The number of aromatic nitrogens is 2. The Morgan fingerprint density at radius 1 is 1.12 bits per heavy atom. The summed E-state index contributed by atoms with van der Waals surface area (Å²) in [6, 6.07) is 13.1. The zero-order chi connectivity index (χ0) is 17.2. The number of benzene rings is 1. The first-order valence-corrected chi connectivity index (χ1v) is 9.57. The molecule has 5 heteroatoms. The molecule has 3 N–H and O–H groups in total. The molecule has 0 bridgehead atoms. The van der Waals surface area contributed by atoms with Gasteiger partial charge in [0.25, 0.3) is 0 Å². The molecule has 0 atom stereocenters. The molecule has 0 aliphatic heterocycles. The van der Waals surface area contributed by atoms with Crippen LogP contribution in [-0.2, 0) is 0 Å². The Hall–Kier alpha value is -2.40. The number of nitrogens with zero attached hydrogens (tertiary/aromatic N) is 2. The largest absolute Gasteiger partial charge is 0.375 e. The van der Waals surface area contributed by atoms with Gasteiger partial charge in [-0.2, -0.15) is 0 Å². The molecule has 3 aromatic rings. The van der Waals surface area contributed by atoms with E-state index >= 15 is 0 Å². The van der Waals surface area contributed by atoms with E-state index in [1.165, 1.54) is 42.6 Å². The first kappa shape index (κ1) is 16.1. The fourth-order valence-electron chi connectivity index (χ4n) is 3.45. The fraction of sp³-hybridized carbons (Fsp3) is 0.300. The smallest absolute Gasteiger partial charge is 0.181 e. The van der Waals surface area contributed by atoms with Gasteiger partial charge in [0.1, 0.15) is 5.82 Å². The molecule has 4 rings (SSSR count). The quantitative estimate of drug-likeness (QED) is 0.686. The predicted molar refractivity (Wildman–Crippen MR) is 106 cm³/mol. The lowest BCUT2D eigenvalue weighted by Gasteiger charge is -2.13. The first-order chi connectivity index (χ1) is 12.2. The van der Waals surface area contributed by atoms with Gasteiger partial charge in [0, 0.05) is 17.8 Å². The molecule has 2 heterocycles. The van der Waals surface area contributed by atoms with Crippen molar-refractivity contribution >= 4 is 22.3 Å². The minimum atomic E-state index is 0.547. The molecule has 25 heavy (non-hydrogen) atoms. The fourth-order valence-corrected chi connectivity index (χ4v) is 4.30. The van der Waals surface area contributed by atoms with E-state index in [2.05, 4.69) is 52.5 Å². The number of aryl methyl sites for hydroxylation is 1. The number of pyridine rings is 1. The average molecular weight is 350 g/mol. The van der Waals surface area contributed by atoms with Gasteiger partial charge >= 0.3 is 0 Å². The van der Waals surface area contributed by atoms with Crippen LogP contribution >= 0.6 is 11.3 Å². The van der Waals surface area contributed by atoms with Gasteiger partial charge in [-0.1, -0.05) is 47.9 Å². The van der Waals surface area contributed by atoms with Gasteiger partial charge in [-0.15, -0.1) is 0 Å². The summed E-state index contributed by atoms with van der Waals surface area (Å²) >= 11 is 1.53. The van der Waals surface area contributed by atoms with Gasteiger partial charge in [0.05, 0.1) is 10.6 Å². The van der Waals surface area contributed by atoms with Crippen LogP contribution in [-0.4, -0.2) is 16.0 Å². The summed E-state index contributed by atoms with van der Waals surface area (Å²) in [4.78, 5) is 10.2. The number of rotatable bonds is 4. The van der Waals surface area contributed by atoms with Crippen LogP contribution in [0.1, 0.15) is 31.2 Å². The molecular formula is C20H22N4S. The van der Waals surface area contributed by atoms with Crippen molar-refractivity contribution < 1.29 is 0 Å². The molecular weight excluding hydrogens is 328 g/mol. The third-order valence-electron chi connectivity index (χ3n) is 4.66. The van der Waals surface area contributed by atoms with Crippen molar-refractivity contribution in [2.24, 2.45) is 0 Å². The van der Waals surface area contributed by atoms with Crippen LogP contribution in [0.15, 0.2) is 42.6 Å². The van der Waals surface area contributed by atoms with E-state index in [4.69, 9.17) is 5.73 Å². The minimum Gasteiger partial charge on any atom is -0.375 e. The van der Waals surface area contributed by atoms with Gasteiger partial charge in [-0.05, 0) is 43.5 Å². The molecule has 0 amide bonds. The molecule has 2 aromatic heterocycles. The van der Waals surface area contributed by atoms with E-state index in [0.29, 0.717) is 11.2 Å². The van der Waals surface area contributed by atoms with E-state index < -0.39 is 0 Å². The Morgan fingerprint density at radius 2 is 1.96 bits per heavy atom. The van der Waals surface area contributed by atoms with Gasteiger partial charge in [-0.3, -0.25) is 0 Å². The second-order valence-electron chi connectivity index (χ2n) is 6.65. The summed E-state index contributed by atoms with van der Waals surface area (Å²) in [6.45, 7) is 2.09. The molecule has 0 spiro atoms. The second-order valence-corrected chi connectivity index (χ2v) is 7.69. The van der Waals surface area contributed by atoms with Crippen LogP contribution in [0.2, 0.25) is 0 Å². The summed E-state index contributed by atoms with van der Waals surface area (Å²) < 4.78 is 0. The van der Waals surface area contributed by atoms with E-state index in [-0.39, 0.29) is 0 Å². The number of anilines is 2. The highest BCUT2D eigenvalue weighted by Crippen LogP contribution is 2.38. The maximum absolute atomic E-state index is 6.04. The van der Waals surface area contributed by atoms with Gasteiger partial charge < -0.3 is 11.1 Å². The van der Waals surface area contributed by atoms with Gasteiger partial charge in [0.15, 0.2) is 5.13 Å². The molecule has 1 aliphatic rings. The second kappa shape index (κ2) is 6.84. The Morgan fingerprint density at radius 3 is 2.76 bits per heavy atom. The van der Waals surface area contributed by atoms with Crippen molar-refractivity contribution in [1.82, 2.24) is 9.97 Å². The summed E-state index contributed by atoms with van der Waals surface area (Å²) in [5, 5.41) is 4.16. The van der Waals surface area contributed by atoms with Crippen LogP contribution < -0.4 is 11.1 Å². The van der Waals surface area contributed by atoms with Crippen LogP contribution in [0.3, 0.4) is 0 Å². The van der Waals surface area contributed by atoms with Crippen molar-refractivity contribution in [3.05, 3.63) is 48.2 Å². The van der Waals surface area contributed by atoms with Crippen molar-refractivity contribution in [3.63, 3.8) is 0 Å². The van der Waals surface area contributed by atoms with E-state index in [1.807, 2.05) is 12.3 Å². The Balaban J connectivity index is 1.70. The third-order valence-corrected chi connectivity index (χ3v) is 5.60. The minimum absolute atomic E-state index is 0.547. The number of nitrogen functional groups attached to an aromatic ring is 1. The number of thiazole rings is 1. The van der Waals surface area contributed by atoms with Crippen molar-refractivity contribution in [3.8, 4) is 21.7 Å². The molecule has 0 radical (unpaired) electrons. The lowest BCUT2D eigenvalue weighted by Crippen LogP contribution is -2.15. The van der Waals surface area contributed by atoms with Crippen LogP contribution in [0, 0.1) is 6.92 Å². The first-order valence-electron chi connectivity index (χ1n) is 8.75. The maximum Gasteiger partial charge on any atom is 0.181 e. The summed E-state index contributed by atoms with van der Waals surface area (Å²) in [5.74, 6) is 0.937.